The zero-order chi connectivity index (χ0) is 21.0. The lowest BCUT2D eigenvalue weighted by atomic mass is 10.1. The van der Waals surface area contributed by atoms with Crippen molar-refractivity contribution < 1.29 is 23.7 Å². The minimum atomic E-state index is -0.0561. The Bertz CT molecular complexity index is 1030. The molecule has 0 radical (unpaired) electrons. The van der Waals surface area contributed by atoms with Crippen LogP contribution in [0.15, 0.2) is 41.4 Å². The number of hydrogen-bond acceptors (Lipinski definition) is 7. The Hall–Kier alpha value is -2.93. The molecule has 0 unspecified atom stereocenters. The Morgan fingerprint density at radius 2 is 1.62 bits per heavy atom. The number of ether oxygens (including phenoxy) is 4. The fourth-order valence-corrected chi connectivity index (χ4v) is 3.89. The van der Waals surface area contributed by atoms with Gasteiger partial charge >= 0.3 is 0 Å². The first-order chi connectivity index (χ1) is 14.0. The molecule has 1 heterocycles. The molecule has 7 heteroatoms. The van der Waals surface area contributed by atoms with E-state index < -0.39 is 0 Å². The Labute approximate surface area is 174 Å². The molecule has 0 spiro atoms. The molecule has 0 saturated carbocycles. The molecule has 0 saturated heterocycles. The summed E-state index contributed by atoms with van der Waals surface area (Å²) in [6.45, 7) is 2.03. The van der Waals surface area contributed by atoms with E-state index in [1.54, 1.807) is 19.2 Å². The molecule has 29 heavy (non-hydrogen) atoms. The van der Waals surface area contributed by atoms with Crippen molar-refractivity contribution in [1.29, 1.82) is 0 Å². The van der Waals surface area contributed by atoms with Gasteiger partial charge in [0.25, 0.3) is 0 Å². The Morgan fingerprint density at radius 1 is 0.931 bits per heavy atom. The summed E-state index contributed by atoms with van der Waals surface area (Å²) in [6.07, 6.45) is 0. The highest BCUT2D eigenvalue weighted by atomic mass is 32.2. The first kappa shape index (κ1) is 20.8. The number of methoxy groups -OCH3 is 4. The van der Waals surface area contributed by atoms with Crippen LogP contribution >= 0.6 is 11.8 Å². The molecule has 0 N–H and O–H groups in total. The van der Waals surface area contributed by atoms with Gasteiger partial charge in [0.05, 0.1) is 44.7 Å². The van der Waals surface area contributed by atoms with Gasteiger partial charge < -0.3 is 18.9 Å². The van der Waals surface area contributed by atoms with Crippen LogP contribution in [-0.4, -0.2) is 45.0 Å². The highest BCUT2D eigenvalue weighted by Gasteiger charge is 2.17. The highest BCUT2D eigenvalue weighted by molar-refractivity contribution is 7.99. The summed E-state index contributed by atoms with van der Waals surface area (Å²) in [5.74, 6) is 2.29. The summed E-state index contributed by atoms with van der Waals surface area (Å²) < 4.78 is 21.3. The maximum Gasteiger partial charge on any atom is 0.203 e. The average molecular weight is 413 g/mol. The van der Waals surface area contributed by atoms with Crippen LogP contribution in [0.2, 0.25) is 0 Å². The van der Waals surface area contributed by atoms with Crippen molar-refractivity contribution in [1.82, 2.24) is 4.98 Å². The van der Waals surface area contributed by atoms with Crippen molar-refractivity contribution in [3.63, 3.8) is 0 Å². The third kappa shape index (κ3) is 4.40. The van der Waals surface area contributed by atoms with Crippen LogP contribution in [0.1, 0.15) is 15.9 Å². The second-order valence-corrected chi connectivity index (χ2v) is 7.28. The standard InChI is InChI=1S/C22H23NO5S/c1-13-8-21(23-17-11-15(25-2)6-7-16(13)17)29-12-18(24)14-9-19(26-3)22(28-5)20(10-14)27-4/h6-11H,12H2,1-5H3. The lowest BCUT2D eigenvalue weighted by molar-refractivity contribution is 0.102. The summed E-state index contributed by atoms with van der Waals surface area (Å²) in [7, 11) is 6.20. The Morgan fingerprint density at radius 3 is 2.21 bits per heavy atom. The molecule has 0 aliphatic rings. The first-order valence-corrected chi connectivity index (χ1v) is 9.90. The van der Waals surface area contributed by atoms with E-state index in [1.165, 1.54) is 33.1 Å². The molecule has 0 aliphatic carbocycles. The van der Waals surface area contributed by atoms with Crippen LogP contribution in [0, 0.1) is 6.92 Å². The van der Waals surface area contributed by atoms with E-state index in [-0.39, 0.29) is 11.5 Å². The van der Waals surface area contributed by atoms with E-state index in [1.807, 2.05) is 31.2 Å². The van der Waals surface area contributed by atoms with Crippen LogP contribution < -0.4 is 18.9 Å². The van der Waals surface area contributed by atoms with Gasteiger partial charge in [0, 0.05) is 17.0 Å². The van der Waals surface area contributed by atoms with E-state index in [0.717, 1.165) is 27.2 Å². The van der Waals surface area contributed by atoms with Crippen molar-refractivity contribution >= 4 is 28.4 Å². The lowest BCUT2D eigenvalue weighted by Crippen LogP contribution is -2.05. The quantitative estimate of drug-likeness (QED) is 0.396. The van der Waals surface area contributed by atoms with Gasteiger partial charge in [-0.15, -0.1) is 0 Å². The van der Waals surface area contributed by atoms with E-state index in [2.05, 4.69) is 4.98 Å². The Balaban J connectivity index is 1.83. The number of pyridine rings is 1. The number of carbonyl (C=O) groups is 1. The number of aryl methyl sites for hydroxylation is 1. The van der Waals surface area contributed by atoms with Gasteiger partial charge in [0.15, 0.2) is 17.3 Å². The van der Waals surface area contributed by atoms with Crippen molar-refractivity contribution in [3.8, 4) is 23.0 Å². The van der Waals surface area contributed by atoms with Crippen LogP contribution in [0.25, 0.3) is 10.9 Å². The topological polar surface area (TPSA) is 66.9 Å². The van der Waals surface area contributed by atoms with Gasteiger partial charge in [0.1, 0.15) is 5.75 Å². The first-order valence-electron chi connectivity index (χ1n) is 8.92. The maximum absolute atomic E-state index is 12.8. The van der Waals surface area contributed by atoms with E-state index in [0.29, 0.717) is 22.8 Å². The third-order valence-corrected chi connectivity index (χ3v) is 5.45. The minimum Gasteiger partial charge on any atom is -0.497 e. The van der Waals surface area contributed by atoms with Gasteiger partial charge in [0.2, 0.25) is 5.75 Å². The predicted molar refractivity (Wildman–Crippen MR) is 114 cm³/mol. The zero-order valence-electron chi connectivity index (χ0n) is 17.1. The van der Waals surface area contributed by atoms with E-state index in [4.69, 9.17) is 18.9 Å². The minimum absolute atomic E-state index is 0.0561. The average Bonchev–Trinajstić information content (AvgIpc) is 2.75. The van der Waals surface area contributed by atoms with E-state index in [9.17, 15) is 4.79 Å². The molecule has 1 aromatic heterocycles. The van der Waals surface area contributed by atoms with Crippen molar-refractivity contribution in [2.75, 3.05) is 34.2 Å². The third-order valence-electron chi connectivity index (χ3n) is 4.54. The molecule has 0 atom stereocenters. The second kappa shape index (κ2) is 9.05. The lowest BCUT2D eigenvalue weighted by Gasteiger charge is -2.13. The second-order valence-electron chi connectivity index (χ2n) is 6.29. The summed E-state index contributed by atoms with van der Waals surface area (Å²) in [4.78, 5) is 17.4. The number of nitrogens with zero attached hydrogens (tertiary/aromatic N) is 1. The fraction of sp³-hybridized carbons (Fsp3) is 0.273. The van der Waals surface area contributed by atoms with Crippen molar-refractivity contribution in [3.05, 3.63) is 47.5 Å². The number of ketones is 1. The normalized spacial score (nSPS) is 10.7. The molecular weight excluding hydrogens is 390 g/mol. The number of fused-ring (bicyclic) bond motifs is 1. The molecular formula is C22H23NO5S. The van der Waals surface area contributed by atoms with Gasteiger partial charge in [-0.3, -0.25) is 4.79 Å². The molecule has 0 aliphatic heterocycles. The summed E-state index contributed by atoms with van der Waals surface area (Å²) >= 11 is 1.39. The SMILES string of the molecule is COc1ccc2c(C)cc(SCC(=O)c3cc(OC)c(OC)c(OC)c3)nc2c1. The molecule has 0 amide bonds. The number of benzene rings is 2. The molecule has 0 fully saturated rings. The fourth-order valence-electron chi connectivity index (χ4n) is 3.02. The predicted octanol–water partition coefficient (Wildman–Crippen LogP) is 4.55. The van der Waals surface area contributed by atoms with Crippen LogP contribution in [0.4, 0.5) is 0 Å². The van der Waals surface area contributed by atoms with Crippen molar-refractivity contribution in [2.24, 2.45) is 0 Å². The number of Topliss-reactive ketones (excluding diaryl/α,β-unsaturated/α-hetero) is 1. The highest BCUT2D eigenvalue weighted by Crippen LogP contribution is 2.38. The smallest absolute Gasteiger partial charge is 0.203 e. The summed E-state index contributed by atoms with van der Waals surface area (Å²) in [6, 6.07) is 11.1. The molecule has 3 rings (SSSR count). The molecule has 3 aromatic rings. The molecule has 6 nitrogen and oxygen atoms in total. The molecule has 0 bridgehead atoms. The molecule has 152 valence electrons. The van der Waals surface area contributed by atoms with Gasteiger partial charge in [-0.25, -0.2) is 4.98 Å². The van der Waals surface area contributed by atoms with Gasteiger partial charge in [-0.1, -0.05) is 11.8 Å². The van der Waals surface area contributed by atoms with Crippen molar-refractivity contribution in [2.45, 2.75) is 11.9 Å². The Kier molecular flexibility index (Phi) is 6.49. The monoisotopic (exact) mass is 413 g/mol. The zero-order valence-corrected chi connectivity index (χ0v) is 17.9. The summed E-state index contributed by atoms with van der Waals surface area (Å²) in [5.41, 5.74) is 2.43. The molecule has 2 aromatic carbocycles. The summed E-state index contributed by atoms with van der Waals surface area (Å²) in [5, 5.41) is 1.84. The van der Waals surface area contributed by atoms with Gasteiger partial charge in [-0.05, 0) is 42.8 Å². The van der Waals surface area contributed by atoms with Crippen LogP contribution in [0.3, 0.4) is 0 Å². The number of hydrogen-bond donors (Lipinski definition) is 0. The number of carbonyl (C=O) groups excluding carboxylic acids is 1. The van der Waals surface area contributed by atoms with Gasteiger partial charge in [-0.2, -0.15) is 0 Å². The number of rotatable bonds is 8. The van der Waals surface area contributed by atoms with Crippen LogP contribution in [0.5, 0.6) is 23.0 Å². The maximum atomic E-state index is 12.8. The number of aromatic nitrogens is 1. The van der Waals surface area contributed by atoms with E-state index >= 15 is 0 Å². The number of thioether (sulfide) groups is 1. The van der Waals surface area contributed by atoms with Crippen LogP contribution in [-0.2, 0) is 0 Å². The largest absolute Gasteiger partial charge is 0.497 e.